The number of H-pyrrole nitrogens is 1. The van der Waals surface area contributed by atoms with E-state index in [2.05, 4.69) is 37.3 Å². The minimum Gasteiger partial charge on any atom is -0.345 e. The molecular weight excluding hydrogens is 211 g/mol. The molecule has 0 saturated heterocycles. The van der Waals surface area contributed by atoms with E-state index in [1.165, 1.54) is 11.8 Å². The first-order valence-corrected chi connectivity index (χ1v) is 5.65. The highest BCUT2D eigenvalue weighted by Gasteiger charge is 2.08. The molecule has 0 amide bonds. The molecule has 0 fully saturated rings. The summed E-state index contributed by atoms with van der Waals surface area (Å²) in [5.74, 6) is 0. The van der Waals surface area contributed by atoms with Gasteiger partial charge in [-0.25, -0.2) is 9.97 Å². The van der Waals surface area contributed by atoms with Crippen LogP contribution in [0.1, 0.15) is 5.56 Å². The zero-order valence-corrected chi connectivity index (χ0v) is 9.38. The number of aromatic nitrogens is 3. The molecule has 2 heterocycles. The summed E-state index contributed by atoms with van der Waals surface area (Å²) >= 11 is 4.00. The average Bonchev–Trinajstić information content (AvgIpc) is 2.61. The summed E-state index contributed by atoms with van der Waals surface area (Å²) < 4.78 is 0.761. The van der Waals surface area contributed by atoms with Crippen molar-refractivity contribution in [3.8, 4) is 6.07 Å². The number of nitrogens with one attached hydrogen (secondary N) is 1. The molecule has 1 N–H and O–H groups in total. The summed E-state index contributed by atoms with van der Waals surface area (Å²) in [7, 11) is 0. The normalized spacial score (nSPS) is 10.3. The van der Waals surface area contributed by atoms with Gasteiger partial charge in [0, 0.05) is 11.6 Å². The van der Waals surface area contributed by atoms with Crippen LogP contribution < -0.4 is 4.56 Å². The van der Waals surface area contributed by atoms with Gasteiger partial charge in [0.2, 0.25) is 16.3 Å². The lowest BCUT2D eigenvalue weighted by Gasteiger charge is -2.00. The number of nitriles is 1. The molecule has 0 atom stereocenters. The first-order chi connectivity index (χ1) is 6.76. The number of hydrogen-bond donors (Lipinski definition) is 1. The van der Waals surface area contributed by atoms with Crippen molar-refractivity contribution in [2.75, 3.05) is 6.26 Å². The summed E-state index contributed by atoms with van der Waals surface area (Å²) in [6.45, 7) is 0. The van der Waals surface area contributed by atoms with Gasteiger partial charge in [0.1, 0.15) is 11.7 Å². The van der Waals surface area contributed by atoms with Crippen LogP contribution in [0, 0.1) is 11.3 Å². The van der Waals surface area contributed by atoms with Gasteiger partial charge in [0.25, 0.3) is 0 Å². The monoisotopic (exact) mass is 216 g/mol. The van der Waals surface area contributed by atoms with Crippen LogP contribution in [0.2, 0.25) is 0 Å². The fraction of sp³-hybridized carbons (Fsp3) is 0.125. The zero-order valence-electron chi connectivity index (χ0n) is 7.40. The standard InChI is InChI=1S/C8H5N4S.Al/c1-13-8-11-4-6-5(2-9)3-10-7(6)12-8;/h3H,1H3,(H,10,11,12);. The summed E-state index contributed by atoms with van der Waals surface area (Å²) in [4.78, 5) is 11.5. The van der Waals surface area contributed by atoms with E-state index in [-0.39, 0.29) is 0 Å². The minimum absolute atomic E-state index is 0.581. The molecule has 0 saturated carbocycles. The molecule has 2 aromatic rings. The second-order valence-electron chi connectivity index (χ2n) is 2.63. The lowest BCUT2D eigenvalue weighted by Crippen LogP contribution is -2.12. The molecule has 14 heavy (non-hydrogen) atoms. The van der Waals surface area contributed by atoms with E-state index in [0.29, 0.717) is 16.4 Å². The van der Waals surface area contributed by atoms with Gasteiger partial charge in [-0.05, 0) is 10.8 Å². The number of thioether (sulfide) groups is 1. The van der Waals surface area contributed by atoms with Gasteiger partial charge < -0.3 is 4.98 Å². The van der Waals surface area contributed by atoms with Gasteiger partial charge in [-0.1, -0.05) is 11.8 Å². The van der Waals surface area contributed by atoms with Crippen LogP contribution in [-0.4, -0.2) is 37.5 Å². The molecule has 0 bridgehead atoms. The largest absolute Gasteiger partial charge is 0.345 e. The quantitative estimate of drug-likeness (QED) is 0.424. The Hall–Kier alpha value is -1.01. The molecule has 2 rings (SSSR count). The first kappa shape index (κ1) is 9.54. The maximum atomic E-state index is 8.84. The van der Waals surface area contributed by atoms with Gasteiger partial charge in [0.15, 0.2) is 5.16 Å². The Morgan fingerprint density at radius 2 is 2.36 bits per heavy atom. The Morgan fingerprint density at radius 3 is 3.00 bits per heavy atom. The number of aromatic amines is 1. The SMILES string of the molecule is CSc1n[c]([Al])c2c(C#N)c[nH]c2n1. The highest BCUT2D eigenvalue weighted by Crippen LogP contribution is 2.15. The van der Waals surface area contributed by atoms with Gasteiger partial charge in [-0.3, -0.25) is 0 Å². The highest BCUT2D eigenvalue weighted by atomic mass is 32.2. The fourth-order valence-electron chi connectivity index (χ4n) is 1.22. The Morgan fingerprint density at radius 1 is 1.57 bits per heavy atom. The molecule has 6 heteroatoms. The van der Waals surface area contributed by atoms with Crippen LogP contribution >= 0.6 is 11.8 Å². The Labute approximate surface area is 93.2 Å². The van der Waals surface area contributed by atoms with E-state index in [4.69, 9.17) is 5.26 Å². The maximum absolute atomic E-state index is 8.84. The van der Waals surface area contributed by atoms with Crippen LogP contribution in [0.15, 0.2) is 11.4 Å². The molecule has 0 spiro atoms. The van der Waals surface area contributed by atoms with Crippen molar-refractivity contribution in [3.05, 3.63) is 11.8 Å². The molecule has 0 unspecified atom stereocenters. The maximum Gasteiger partial charge on any atom is 0.211 e. The third-order valence-corrected chi connectivity index (χ3v) is 2.81. The molecule has 2 radical (unpaired) electrons. The molecule has 2 aromatic heterocycles. The van der Waals surface area contributed by atoms with Crippen molar-refractivity contribution in [2.45, 2.75) is 5.16 Å². The van der Waals surface area contributed by atoms with Gasteiger partial charge in [-0.2, -0.15) is 5.26 Å². The van der Waals surface area contributed by atoms with Crippen LogP contribution in [0.4, 0.5) is 0 Å². The van der Waals surface area contributed by atoms with E-state index < -0.39 is 0 Å². The molecule has 0 aromatic carbocycles. The first-order valence-electron chi connectivity index (χ1n) is 3.85. The predicted octanol–water partition coefficient (Wildman–Crippen LogP) is 0.345. The summed E-state index contributed by atoms with van der Waals surface area (Å²) in [6, 6.07) is 2.10. The van der Waals surface area contributed by atoms with E-state index >= 15 is 0 Å². The van der Waals surface area contributed by atoms with E-state index in [9.17, 15) is 0 Å². The van der Waals surface area contributed by atoms with Gasteiger partial charge in [0.05, 0.1) is 5.56 Å². The number of nitrogens with zero attached hydrogens (tertiary/aromatic N) is 3. The van der Waals surface area contributed by atoms with Gasteiger partial charge >= 0.3 is 0 Å². The van der Waals surface area contributed by atoms with Crippen LogP contribution in [0.3, 0.4) is 0 Å². The fourth-order valence-corrected chi connectivity index (χ4v) is 2.10. The summed E-state index contributed by atoms with van der Waals surface area (Å²) in [5.41, 5.74) is 1.29. The van der Waals surface area contributed by atoms with E-state index in [1.54, 1.807) is 6.20 Å². The zero-order chi connectivity index (χ0) is 10.1. The molecule has 66 valence electrons. The van der Waals surface area contributed by atoms with Crippen molar-refractivity contribution in [1.29, 1.82) is 5.26 Å². The number of rotatable bonds is 1. The average molecular weight is 216 g/mol. The lowest BCUT2D eigenvalue weighted by atomic mass is 10.3. The van der Waals surface area contributed by atoms with Gasteiger partial charge in [-0.15, -0.1) is 0 Å². The lowest BCUT2D eigenvalue weighted by molar-refractivity contribution is 1.02. The van der Waals surface area contributed by atoms with Crippen LogP contribution in [0.25, 0.3) is 11.0 Å². The molecule has 0 aliphatic heterocycles. The topological polar surface area (TPSA) is 65.4 Å². The van der Waals surface area contributed by atoms with Crippen molar-refractivity contribution >= 4 is 43.6 Å². The molecule has 4 nitrogen and oxygen atoms in total. The summed E-state index contributed by atoms with van der Waals surface area (Å²) in [6.07, 6.45) is 3.57. The van der Waals surface area contributed by atoms with Crippen molar-refractivity contribution in [1.82, 2.24) is 15.0 Å². The smallest absolute Gasteiger partial charge is 0.211 e. The second-order valence-corrected chi connectivity index (χ2v) is 3.95. The molecule has 0 aliphatic carbocycles. The Balaban J connectivity index is 2.80. The Bertz CT molecular complexity index is 528. The third kappa shape index (κ3) is 1.40. The Kier molecular flexibility index (Phi) is 2.47. The number of fused-ring (bicyclic) bond motifs is 1. The highest BCUT2D eigenvalue weighted by molar-refractivity contribution is 7.98. The van der Waals surface area contributed by atoms with Crippen LogP contribution in [-0.2, 0) is 0 Å². The third-order valence-electron chi connectivity index (χ3n) is 1.84. The number of hydrogen-bond acceptors (Lipinski definition) is 4. The van der Waals surface area contributed by atoms with E-state index in [1.807, 2.05) is 6.26 Å². The predicted molar refractivity (Wildman–Crippen MR) is 55.8 cm³/mol. The van der Waals surface area contributed by atoms with Crippen molar-refractivity contribution in [3.63, 3.8) is 0 Å². The van der Waals surface area contributed by atoms with Crippen LogP contribution in [0.5, 0.6) is 0 Å². The van der Waals surface area contributed by atoms with Crippen molar-refractivity contribution < 1.29 is 0 Å². The second kappa shape index (κ2) is 3.63. The van der Waals surface area contributed by atoms with E-state index in [0.717, 1.165) is 9.94 Å². The van der Waals surface area contributed by atoms with Crippen molar-refractivity contribution in [2.24, 2.45) is 0 Å². The molecule has 0 aliphatic rings. The minimum atomic E-state index is 0.581. The molecular formula is C8H5AlN4S. The summed E-state index contributed by atoms with van der Waals surface area (Å²) in [5, 5.41) is 10.3.